The first-order valence-corrected chi connectivity index (χ1v) is 10.1. The van der Waals surface area contributed by atoms with Crippen molar-refractivity contribution in [2.45, 2.75) is 56.6 Å². The van der Waals surface area contributed by atoms with E-state index in [0.717, 1.165) is 25.0 Å². The van der Waals surface area contributed by atoms with Crippen LogP contribution in [0.15, 0.2) is 29.4 Å². The number of hydrogen-bond acceptors (Lipinski definition) is 3. The van der Waals surface area contributed by atoms with Gasteiger partial charge >= 0.3 is 6.18 Å². The average molecular weight is 401 g/mol. The van der Waals surface area contributed by atoms with Gasteiger partial charge in [-0.25, -0.2) is 13.6 Å². The van der Waals surface area contributed by atoms with E-state index in [1.807, 2.05) is 20.8 Å². The second-order valence-electron chi connectivity index (χ2n) is 8.00. The van der Waals surface area contributed by atoms with Gasteiger partial charge in [0.1, 0.15) is 0 Å². The monoisotopic (exact) mass is 401 g/mol. The first kappa shape index (κ1) is 19.9. The summed E-state index contributed by atoms with van der Waals surface area (Å²) in [7, 11) is -4.21. The Labute approximate surface area is 156 Å². The summed E-state index contributed by atoms with van der Waals surface area (Å²) in [4.78, 5) is -0.306. The van der Waals surface area contributed by atoms with Crippen LogP contribution in [0.4, 0.5) is 13.2 Å². The van der Waals surface area contributed by atoms with Gasteiger partial charge in [-0.2, -0.15) is 18.3 Å². The van der Waals surface area contributed by atoms with Crippen molar-refractivity contribution in [3.05, 3.63) is 35.7 Å². The molecule has 0 bridgehead atoms. The van der Waals surface area contributed by atoms with Crippen molar-refractivity contribution in [1.29, 1.82) is 0 Å². The highest BCUT2D eigenvalue weighted by atomic mass is 32.2. The maximum Gasteiger partial charge on any atom is 0.416 e. The zero-order chi connectivity index (χ0) is 20.2. The minimum atomic E-state index is -4.59. The number of nitrogens with zero attached hydrogens (tertiary/aromatic N) is 2. The number of benzene rings is 1. The lowest BCUT2D eigenvalue weighted by atomic mass is 9.92. The third kappa shape index (κ3) is 4.19. The molecule has 5 nitrogen and oxygen atoms in total. The molecule has 1 fully saturated rings. The van der Waals surface area contributed by atoms with E-state index < -0.39 is 27.3 Å². The Morgan fingerprint density at radius 3 is 2.30 bits per heavy atom. The topological polar surface area (TPSA) is 78.0 Å². The summed E-state index contributed by atoms with van der Waals surface area (Å²) in [6.07, 6.45) is 0.200. The molecule has 2 aromatic rings. The molecule has 0 spiro atoms. The zero-order valence-electron chi connectivity index (χ0n) is 15.3. The number of aromatic nitrogens is 2. The lowest BCUT2D eigenvalue weighted by Crippen LogP contribution is -2.22. The highest BCUT2D eigenvalue weighted by molar-refractivity contribution is 7.89. The Hall–Kier alpha value is -1.87. The third-order valence-electron chi connectivity index (χ3n) is 4.63. The van der Waals surface area contributed by atoms with Crippen LogP contribution in [-0.2, 0) is 28.2 Å². The molecular formula is C18H22F3N3O2S. The molecule has 0 atom stereocenters. The van der Waals surface area contributed by atoms with Crippen molar-refractivity contribution in [3.8, 4) is 11.1 Å². The van der Waals surface area contributed by atoms with Crippen molar-refractivity contribution in [3.63, 3.8) is 0 Å². The second-order valence-corrected chi connectivity index (χ2v) is 9.53. The number of alkyl halides is 3. The van der Waals surface area contributed by atoms with E-state index in [9.17, 15) is 21.6 Å². The maximum absolute atomic E-state index is 13.6. The molecule has 27 heavy (non-hydrogen) atoms. The molecule has 0 radical (unpaired) electrons. The number of hydrogen-bond donors (Lipinski definition) is 1. The third-order valence-corrected chi connectivity index (χ3v) is 5.59. The Kier molecular flexibility index (Phi) is 4.67. The predicted octanol–water partition coefficient (Wildman–Crippen LogP) is 3.92. The summed E-state index contributed by atoms with van der Waals surface area (Å²) < 4.78 is 66.7. The van der Waals surface area contributed by atoms with Gasteiger partial charge in [0.05, 0.1) is 22.2 Å². The van der Waals surface area contributed by atoms with E-state index >= 15 is 0 Å². The molecule has 1 aromatic carbocycles. The second kappa shape index (κ2) is 6.34. The van der Waals surface area contributed by atoms with Crippen LogP contribution >= 0.6 is 0 Å². The summed E-state index contributed by atoms with van der Waals surface area (Å²) in [6, 6.07) is 1.76. The highest BCUT2D eigenvalue weighted by Crippen LogP contribution is 2.44. The molecule has 0 unspecified atom stereocenters. The molecule has 1 aliphatic rings. The van der Waals surface area contributed by atoms with Gasteiger partial charge in [0.2, 0.25) is 10.0 Å². The average Bonchev–Trinajstić information content (AvgIpc) is 3.16. The minimum Gasteiger partial charge on any atom is -0.267 e. The molecule has 1 aliphatic carbocycles. The summed E-state index contributed by atoms with van der Waals surface area (Å²) in [5.41, 5.74) is -0.922. The molecule has 0 amide bonds. The normalized spacial score (nSPS) is 16.0. The van der Waals surface area contributed by atoms with Gasteiger partial charge < -0.3 is 0 Å². The fourth-order valence-electron chi connectivity index (χ4n) is 3.09. The SMILES string of the molecule is CC(C)(C)n1cc(-c2c(S(N)(=O)=O)ccc(C(F)(F)F)c2CC2CC2)cn1. The summed E-state index contributed by atoms with van der Waals surface area (Å²) in [5, 5.41) is 9.54. The predicted molar refractivity (Wildman–Crippen MR) is 95.5 cm³/mol. The Morgan fingerprint density at radius 1 is 1.22 bits per heavy atom. The van der Waals surface area contributed by atoms with Crippen LogP contribution in [0, 0.1) is 5.92 Å². The Morgan fingerprint density at radius 2 is 1.85 bits per heavy atom. The molecule has 2 N–H and O–H groups in total. The smallest absolute Gasteiger partial charge is 0.267 e. The Balaban J connectivity index is 2.32. The van der Waals surface area contributed by atoms with Crippen molar-refractivity contribution >= 4 is 10.0 Å². The lowest BCUT2D eigenvalue weighted by molar-refractivity contribution is -0.138. The van der Waals surface area contributed by atoms with Crippen molar-refractivity contribution in [1.82, 2.24) is 9.78 Å². The van der Waals surface area contributed by atoms with E-state index in [2.05, 4.69) is 5.10 Å². The quantitative estimate of drug-likeness (QED) is 0.843. The molecule has 1 saturated carbocycles. The van der Waals surface area contributed by atoms with Gasteiger partial charge in [-0.05, 0) is 63.6 Å². The van der Waals surface area contributed by atoms with Gasteiger partial charge in [0, 0.05) is 17.3 Å². The number of nitrogens with two attached hydrogens (primary N) is 1. The van der Waals surface area contributed by atoms with Crippen molar-refractivity contribution in [2.24, 2.45) is 11.1 Å². The number of rotatable bonds is 4. The van der Waals surface area contributed by atoms with Crippen LogP contribution in [0.3, 0.4) is 0 Å². The van der Waals surface area contributed by atoms with Crippen LogP contribution in [0.2, 0.25) is 0 Å². The van der Waals surface area contributed by atoms with Crippen molar-refractivity contribution < 1.29 is 21.6 Å². The molecule has 9 heteroatoms. The fourth-order valence-corrected chi connectivity index (χ4v) is 3.87. The van der Waals surface area contributed by atoms with Crippen LogP contribution < -0.4 is 5.14 Å². The minimum absolute atomic E-state index is 0.00900. The first-order chi connectivity index (χ1) is 12.3. The highest BCUT2D eigenvalue weighted by Gasteiger charge is 2.38. The molecular weight excluding hydrogens is 379 g/mol. The van der Waals surface area contributed by atoms with Crippen LogP contribution in [0.5, 0.6) is 0 Å². The maximum atomic E-state index is 13.6. The van der Waals surface area contributed by atoms with Gasteiger partial charge in [-0.15, -0.1) is 0 Å². The van der Waals surface area contributed by atoms with E-state index in [1.54, 1.807) is 10.9 Å². The van der Waals surface area contributed by atoms with Gasteiger partial charge in [0.15, 0.2) is 0 Å². The summed E-state index contributed by atoms with van der Waals surface area (Å²) in [6.45, 7) is 5.67. The zero-order valence-corrected chi connectivity index (χ0v) is 16.2. The lowest BCUT2D eigenvalue weighted by Gasteiger charge is -2.20. The van der Waals surface area contributed by atoms with E-state index in [0.29, 0.717) is 5.56 Å². The molecule has 148 valence electrons. The summed E-state index contributed by atoms with van der Waals surface area (Å²) in [5.74, 6) is 0.123. The molecule has 1 heterocycles. The molecule has 3 rings (SSSR count). The molecule has 0 saturated heterocycles. The van der Waals surface area contributed by atoms with Gasteiger partial charge in [-0.1, -0.05) is 0 Å². The molecule has 0 aliphatic heterocycles. The van der Waals surface area contributed by atoms with Crippen molar-refractivity contribution in [2.75, 3.05) is 0 Å². The van der Waals surface area contributed by atoms with E-state index in [4.69, 9.17) is 5.14 Å². The largest absolute Gasteiger partial charge is 0.416 e. The van der Waals surface area contributed by atoms with Crippen LogP contribution in [0.1, 0.15) is 44.7 Å². The van der Waals surface area contributed by atoms with Gasteiger partial charge in [0.25, 0.3) is 0 Å². The molecule has 1 aromatic heterocycles. The van der Waals surface area contributed by atoms with E-state index in [1.165, 1.54) is 6.20 Å². The fraction of sp³-hybridized carbons (Fsp3) is 0.500. The van der Waals surface area contributed by atoms with E-state index in [-0.39, 0.29) is 28.4 Å². The standard InChI is InChI=1S/C18H22F3N3O2S/c1-17(2,3)24-10-12(9-23-24)16-13(8-11-4-5-11)14(18(19,20)21)6-7-15(16)27(22,25)26/h6-7,9-11H,4-5,8H2,1-3H3,(H2,22,25,26). The number of halogens is 3. The Bertz CT molecular complexity index is 969. The van der Waals surface area contributed by atoms with Crippen LogP contribution in [-0.4, -0.2) is 18.2 Å². The van der Waals surface area contributed by atoms with Gasteiger partial charge in [-0.3, -0.25) is 4.68 Å². The number of sulfonamides is 1. The number of primary sulfonamides is 1. The summed E-state index contributed by atoms with van der Waals surface area (Å²) >= 11 is 0. The van der Waals surface area contributed by atoms with Crippen LogP contribution in [0.25, 0.3) is 11.1 Å². The first-order valence-electron chi connectivity index (χ1n) is 8.60.